The molecule has 8 bridgehead atoms. The maximum Gasteiger partial charge on any atom is 0.348 e. The first kappa shape index (κ1) is 44.2. The van der Waals surface area contributed by atoms with E-state index >= 15 is 9.59 Å². The van der Waals surface area contributed by atoms with Crippen LogP contribution in [0.1, 0.15) is 151 Å². The minimum Gasteiger partial charge on any atom is -0.462 e. The van der Waals surface area contributed by atoms with E-state index < -0.39 is 81.6 Å². The van der Waals surface area contributed by atoms with Gasteiger partial charge in [0.25, 0.3) is 0 Å². The molecule has 0 amide bonds. The molecule has 23 atom stereocenters. The van der Waals surface area contributed by atoms with Gasteiger partial charge in [-0.25, -0.2) is 4.79 Å². The van der Waals surface area contributed by atoms with Gasteiger partial charge in [-0.2, -0.15) is 0 Å². The number of esters is 6. The number of ether oxygens (including phenoxy) is 5. The topological polar surface area (TPSA) is 149 Å². The van der Waals surface area contributed by atoms with Crippen molar-refractivity contribution in [2.24, 2.45) is 129 Å². The molecule has 2 heterocycles. The van der Waals surface area contributed by atoms with Crippen molar-refractivity contribution in [2.75, 3.05) is 6.61 Å². The van der Waals surface area contributed by atoms with E-state index in [1.807, 2.05) is 13.8 Å². The molecule has 0 radical (unpaired) electrons. The van der Waals surface area contributed by atoms with Gasteiger partial charge in [0.1, 0.15) is 17.8 Å². The van der Waals surface area contributed by atoms with E-state index in [9.17, 15) is 19.2 Å². The second kappa shape index (κ2) is 15.0. The maximum atomic E-state index is 15.0. The first-order chi connectivity index (χ1) is 31.4. The van der Waals surface area contributed by atoms with Crippen molar-refractivity contribution in [3.63, 3.8) is 0 Å². The molecule has 0 spiro atoms. The summed E-state index contributed by atoms with van der Waals surface area (Å²) in [6.45, 7) is 14.1. The Bertz CT molecular complexity index is 2090. The highest BCUT2D eigenvalue weighted by Crippen LogP contribution is 2.71. The van der Waals surface area contributed by atoms with Crippen LogP contribution in [-0.2, 0) is 52.5 Å². The van der Waals surface area contributed by atoms with Crippen LogP contribution in [0.3, 0.4) is 0 Å². The summed E-state index contributed by atoms with van der Waals surface area (Å²) in [7, 11) is 0. The van der Waals surface area contributed by atoms with Crippen LogP contribution in [0, 0.1) is 129 Å². The number of hydrogen-bond acceptors (Lipinski definition) is 11. The van der Waals surface area contributed by atoms with Crippen LogP contribution in [0.15, 0.2) is 0 Å². The normalized spacial score (nSPS) is 52.0. The van der Waals surface area contributed by atoms with Crippen LogP contribution in [0.5, 0.6) is 0 Å². The Balaban J connectivity index is 0.867. The predicted octanol–water partition coefficient (Wildman–Crippen LogP) is 8.92. The minimum atomic E-state index is -1.38. The fourth-order valence-corrected chi connectivity index (χ4v) is 20.5. The average Bonchev–Trinajstić information content (AvgIpc) is 4.11. The number of cyclic esters (lactones) is 3. The molecule has 0 aromatic carbocycles. The molecule has 12 fully saturated rings. The van der Waals surface area contributed by atoms with Gasteiger partial charge in [-0.05, 0) is 187 Å². The molecule has 0 aromatic rings. The number of rotatable bonds is 11. The maximum absolute atomic E-state index is 15.0. The van der Waals surface area contributed by atoms with Gasteiger partial charge < -0.3 is 23.7 Å². The molecule has 23 unspecified atom stereocenters. The van der Waals surface area contributed by atoms with Crippen molar-refractivity contribution in [1.82, 2.24) is 0 Å². The molecule has 10 aliphatic carbocycles. The molecule has 362 valence electrons. The molecule has 0 N–H and O–H groups in total. The number of carbonyl (C=O) groups is 6. The minimum absolute atomic E-state index is 0.0182. The fraction of sp³-hybridized carbons (Fsp3) is 0.891. The molecule has 0 aromatic heterocycles. The van der Waals surface area contributed by atoms with E-state index in [2.05, 4.69) is 20.8 Å². The van der Waals surface area contributed by atoms with Gasteiger partial charge in [0.2, 0.25) is 6.10 Å². The van der Waals surface area contributed by atoms with Crippen LogP contribution in [0.2, 0.25) is 0 Å². The van der Waals surface area contributed by atoms with E-state index in [0.29, 0.717) is 48.3 Å². The highest BCUT2D eigenvalue weighted by Gasteiger charge is 2.71. The SMILES string of the molecule is CCC1(OC(=O)C2CC3CC2C(C2C(=O)OC(=O)C2C(C)(C)C(=O)OC2(CC)CC4CC2C2CCCC42)C3C2C(C)C3CC(C(=O)OC4C(=O)OCC4(C)C)C2C3)CC2CC1C1CCCC21. The Hall–Kier alpha value is -2.98. The van der Waals surface area contributed by atoms with Gasteiger partial charge in [-0.3, -0.25) is 24.0 Å². The number of fused-ring (bicyclic) bond motifs is 14. The molecule has 2 aliphatic heterocycles. The van der Waals surface area contributed by atoms with Crippen LogP contribution in [0.25, 0.3) is 0 Å². The third-order valence-corrected chi connectivity index (χ3v) is 23.2. The number of hydrogen-bond donors (Lipinski definition) is 0. The van der Waals surface area contributed by atoms with Crippen molar-refractivity contribution in [3.8, 4) is 0 Å². The summed E-state index contributed by atoms with van der Waals surface area (Å²) >= 11 is 0. The van der Waals surface area contributed by atoms with Crippen molar-refractivity contribution in [3.05, 3.63) is 0 Å². The second-order valence-corrected chi connectivity index (χ2v) is 26.3. The van der Waals surface area contributed by atoms with E-state index in [1.54, 1.807) is 13.8 Å². The highest BCUT2D eigenvalue weighted by atomic mass is 16.6. The second-order valence-electron chi connectivity index (χ2n) is 26.3. The Kier molecular flexibility index (Phi) is 10.1. The van der Waals surface area contributed by atoms with Crippen LogP contribution in [-0.4, -0.2) is 59.7 Å². The summed E-state index contributed by atoms with van der Waals surface area (Å²) in [5.74, 6) is -1.22. The molecule has 10 saturated carbocycles. The lowest BCUT2D eigenvalue weighted by molar-refractivity contribution is -0.188. The molecule has 66 heavy (non-hydrogen) atoms. The smallest absolute Gasteiger partial charge is 0.348 e. The lowest BCUT2D eigenvalue weighted by Crippen LogP contribution is -2.53. The van der Waals surface area contributed by atoms with E-state index in [1.165, 1.54) is 38.5 Å². The molecule has 12 aliphatic rings. The number of carbonyl (C=O) groups excluding carboxylic acids is 6. The monoisotopic (exact) mass is 913 g/mol. The Morgan fingerprint density at radius 1 is 0.636 bits per heavy atom. The summed E-state index contributed by atoms with van der Waals surface area (Å²) in [4.78, 5) is 86.3. The summed E-state index contributed by atoms with van der Waals surface area (Å²) in [6, 6.07) is 0. The van der Waals surface area contributed by atoms with Crippen molar-refractivity contribution >= 4 is 35.8 Å². The van der Waals surface area contributed by atoms with Crippen LogP contribution >= 0.6 is 0 Å². The summed E-state index contributed by atoms with van der Waals surface area (Å²) < 4.78 is 30.9. The van der Waals surface area contributed by atoms with Crippen molar-refractivity contribution < 1.29 is 52.5 Å². The van der Waals surface area contributed by atoms with Gasteiger partial charge in [0.15, 0.2) is 0 Å². The van der Waals surface area contributed by atoms with Crippen LogP contribution < -0.4 is 0 Å². The molecular weight excluding hydrogens is 837 g/mol. The van der Waals surface area contributed by atoms with Gasteiger partial charge in [-0.1, -0.05) is 47.5 Å². The zero-order valence-electron chi connectivity index (χ0n) is 40.6. The standard InChI is InChI=1S/C55H76O11/c1-8-54(22-28-20-38(54)32-14-10-12-30(28)32)65-47(57)37-19-27-18-35(37)42(41(27)40-25(3)26-16-34(40)36(17-26)46(56)63-45-50(60)62-24-52(45,4)5)43-44(49(59)64-48(43)58)53(6,7)51(61)66-55(9-2)23-29-21-39(55)33-15-11-13-31(29)33/h25-45H,8-24H2,1-7H3. The predicted molar refractivity (Wildman–Crippen MR) is 238 cm³/mol. The third kappa shape index (κ3) is 6.02. The lowest BCUT2D eigenvalue weighted by Gasteiger charge is -2.48. The Morgan fingerprint density at radius 3 is 1.79 bits per heavy atom. The first-order valence-corrected chi connectivity index (χ1v) is 27.0. The van der Waals surface area contributed by atoms with Gasteiger partial charge in [0, 0.05) is 17.3 Å². The van der Waals surface area contributed by atoms with E-state index in [4.69, 9.17) is 23.7 Å². The Morgan fingerprint density at radius 2 is 1.20 bits per heavy atom. The summed E-state index contributed by atoms with van der Waals surface area (Å²) in [5.41, 5.74) is -3.04. The molecule has 11 heteroatoms. The largest absolute Gasteiger partial charge is 0.462 e. The van der Waals surface area contributed by atoms with Gasteiger partial charge in [0.05, 0.1) is 29.1 Å². The first-order valence-electron chi connectivity index (χ1n) is 27.0. The molecule has 2 saturated heterocycles. The van der Waals surface area contributed by atoms with E-state index in [0.717, 1.165) is 63.2 Å². The van der Waals surface area contributed by atoms with Gasteiger partial charge >= 0.3 is 35.8 Å². The van der Waals surface area contributed by atoms with Gasteiger partial charge in [-0.15, -0.1) is 0 Å². The zero-order chi connectivity index (χ0) is 46.1. The summed E-state index contributed by atoms with van der Waals surface area (Å²) in [6.07, 6.45) is 15.0. The quantitative estimate of drug-likeness (QED) is 0.111. The summed E-state index contributed by atoms with van der Waals surface area (Å²) in [5, 5.41) is 0. The van der Waals surface area contributed by atoms with Crippen LogP contribution in [0.4, 0.5) is 0 Å². The Labute approximate surface area is 391 Å². The zero-order valence-corrected chi connectivity index (χ0v) is 40.6. The third-order valence-electron chi connectivity index (χ3n) is 23.2. The average molecular weight is 913 g/mol. The fourth-order valence-electron chi connectivity index (χ4n) is 20.5. The van der Waals surface area contributed by atoms with E-state index in [-0.39, 0.29) is 60.0 Å². The lowest BCUT2D eigenvalue weighted by atomic mass is 9.55. The van der Waals surface area contributed by atoms with Crippen molar-refractivity contribution in [2.45, 2.75) is 169 Å². The highest BCUT2D eigenvalue weighted by molar-refractivity contribution is 6.00. The molecule has 11 nitrogen and oxygen atoms in total. The molecule has 12 rings (SSSR count). The van der Waals surface area contributed by atoms with Crippen molar-refractivity contribution in [1.29, 1.82) is 0 Å². The molecular formula is C55H76O11.